The van der Waals surface area contributed by atoms with Crippen LogP contribution in [0.4, 0.5) is 14.9 Å². The van der Waals surface area contributed by atoms with Crippen molar-refractivity contribution >= 4 is 40.5 Å². The van der Waals surface area contributed by atoms with Crippen molar-refractivity contribution in [3.05, 3.63) is 30.0 Å². The first kappa shape index (κ1) is 42.4. The number of esters is 1. The first-order valence-corrected chi connectivity index (χ1v) is 20.2. The number of methoxy groups -OCH3 is 1. The Kier molecular flexibility index (Phi) is 15.0. The van der Waals surface area contributed by atoms with Crippen LogP contribution in [0, 0.1) is 29.6 Å². The Hall–Kier alpha value is -3.71. The number of anilines is 1. The summed E-state index contributed by atoms with van der Waals surface area (Å²) in [6.45, 7) is 10.6. The molecule has 3 aliphatic rings. The van der Waals surface area contributed by atoms with E-state index in [2.05, 4.69) is 24.5 Å². The van der Waals surface area contributed by atoms with Crippen LogP contribution < -0.4 is 10.6 Å². The minimum atomic E-state index is -0.714. The van der Waals surface area contributed by atoms with Gasteiger partial charge < -0.3 is 38.9 Å². The SMILES string of the molecule is COC1CCC([C@@H]2CCN(C(=O)C3CCC([C@@H](CF)NC(=O)OC(C)(C)C)CC3)[C@@H]2C(=O)Nc2ccc3oc(C(=O)OCCCOCC(C)C)cc3c2)CC1. The summed E-state index contributed by atoms with van der Waals surface area (Å²) < 4.78 is 41.8. The van der Waals surface area contributed by atoms with E-state index in [1.54, 1.807) is 57.0 Å². The van der Waals surface area contributed by atoms with Crippen LogP contribution in [-0.4, -0.2) is 92.7 Å². The van der Waals surface area contributed by atoms with Crippen molar-refractivity contribution in [1.29, 1.82) is 0 Å². The minimum Gasteiger partial charge on any atom is -0.460 e. The fraction of sp³-hybridized carbons (Fsp3) is 0.714. The Balaban J connectivity index is 1.24. The largest absolute Gasteiger partial charge is 0.460 e. The molecule has 3 fully saturated rings. The highest BCUT2D eigenvalue weighted by molar-refractivity contribution is 6.00. The van der Waals surface area contributed by atoms with Gasteiger partial charge in [0.2, 0.25) is 17.6 Å². The third-order valence-corrected chi connectivity index (χ3v) is 11.3. The van der Waals surface area contributed by atoms with E-state index in [1.165, 1.54) is 0 Å². The van der Waals surface area contributed by atoms with Gasteiger partial charge in [0, 0.05) is 50.3 Å². The number of hydrogen-bond donors (Lipinski definition) is 2. The summed E-state index contributed by atoms with van der Waals surface area (Å²) >= 11 is 0. The van der Waals surface area contributed by atoms with Crippen LogP contribution in [0.1, 0.15) is 109 Å². The van der Waals surface area contributed by atoms with Gasteiger partial charge in [0.05, 0.1) is 18.8 Å². The number of carbonyl (C=O) groups is 4. The van der Waals surface area contributed by atoms with Crippen molar-refractivity contribution in [2.24, 2.45) is 29.6 Å². The molecule has 13 heteroatoms. The number of likely N-dealkylation sites (tertiary alicyclic amines) is 1. The normalized spacial score (nSPS) is 25.1. The van der Waals surface area contributed by atoms with Crippen molar-refractivity contribution < 1.29 is 46.9 Å². The smallest absolute Gasteiger partial charge is 0.407 e. The third kappa shape index (κ3) is 11.7. The van der Waals surface area contributed by atoms with E-state index in [4.69, 9.17) is 23.4 Å². The van der Waals surface area contributed by atoms with Crippen molar-refractivity contribution in [3.63, 3.8) is 0 Å². The third-order valence-electron chi connectivity index (χ3n) is 11.3. The maximum Gasteiger partial charge on any atom is 0.407 e. The van der Waals surface area contributed by atoms with Crippen LogP contribution in [0.3, 0.4) is 0 Å². The van der Waals surface area contributed by atoms with Crippen LogP contribution in [0.5, 0.6) is 0 Å². The Bertz CT molecular complexity index is 1590. The van der Waals surface area contributed by atoms with Crippen LogP contribution in [0.15, 0.2) is 28.7 Å². The van der Waals surface area contributed by atoms with Gasteiger partial charge in [0.25, 0.3) is 0 Å². The molecule has 12 nitrogen and oxygen atoms in total. The standard InChI is InChI=1S/C42H62FN3O9/c1-26(2)25-52-20-7-21-53-40(49)36-23-30-22-31(14-17-35(30)54-36)44-38(47)37-33(27-12-15-32(51-6)16-13-27)18-19-46(37)39(48)29-10-8-28(9-11-29)34(24-43)45-41(50)55-42(3,4)5/h14,17,22-23,26-29,32-34,37H,7-13,15-16,18-21,24-25H2,1-6H3,(H,44,47)(H,45,50)/t27?,28?,29?,32?,33-,34+,37-/m0/s1. The van der Waals surface area contributed by atoms with E-state index in [1.807, 2.05) is 0 Å². The monoisotopic (exact) mass is 771 g/mol. The van der Waals surface area contributed by atoms with E-state index >= 15 is 0 Å². The lowest BCUT2D eigenvalue weighted by Gasteiger charge is -2.38. The lowest BCUT2D eigenvalue weighted by Crippen LogP contribution is -2.50. The number of nitrogens with zero attached hydrogens (tertiary/aromatic N) is 1. The molecule has 1 aromatic carbocycles. The molecule has 1 aliphatic heterocycles. The lowest BCUT2D eigenvalue weighted by atomic mass is 9.75. The summed E-state index contributed by atoms with van der Waals surface area (Å²) in [5.74, 6) is -0.440. The number of benzene rings is 1. The van der Waals surface area contributed by atoms with E-state index in [0.717, 1.165) is 32.1 Å². The van der Waals surface area contributed by atoms with Crippen LogP contribution in [0.25, 0.3) is 11.0 Å². The molecule has 0 spiro atoms. The molecule has 3 amide bonds. The van der Waals surface area contributed by atoms with Gasteiger partial charge in [-0.2, -0.15) is 0 Å². The van der Waals surface area contributed by atoms with Gasteiger partial charge in [0.15, 0.2) is 0 Å². The molecule has 5 rings (SSSR count). The van der Waals surface area contributed by atoms with Crippen molar-refractivity contribution in [2.45, 2.75) is 123 Å². The van der Waals surface area contributed by atoms with E-state index < -0.39 is 36.4 Å². The van der Waals surface area contributed by atoms with Crippen molar-refractivity contribution in [3.8, 4) is 0 Å². The molecule has 1 aromatic heterocycles. The summed E-state index contributed by atoms with van der Waals surface area (Å²) in [4.78, 5) is 55.4. The molecule has 2 N–H and O–H groups in total. The molecule has 2 saturated carbocycles. The molecular formula is C42H62FN3O9. The topological polar surface area (TPSA) is 146 Å². The van der Waals surface area contributed by atoms with E-state index in [9.17, 15) is 23.6 Å². The molecule has 306 valence electrons. The van der Waals surface area contributed by atoms with Crippen LogP contribution >= 0.6 is 0 Å². The average Bonchev–Trinajstić information content (AvgIpc) is 3.79. The summed E-state index contributed by atoms with van der Waals surface area (Å²) in [5.41, 5.74) is 0.336. The predicted octanol–water partition coefficient (Wildman–Crippen LogP) is 7.68. The first-order valence-electron chi connectivity index (χ1n) is 20.2. The van der Waals surface area contributed by atoms with Crippen LogP contribution in [0.2, 0.25) is 0 Å². The number of nitrogens with one attached hydrogen (secondary N) is 2. The zero-order valence-electron chi connectivity index (χ0n) is 33.5. The number of hydrogen-bond acceptors (Lipinski definition) is 9. The maximum atomic E-state index is 14.3. The van der Waals surface area contributed by atoms with Gasteiger partial charge in [0.1, 0.15) is 23.9 Å². The number of furan rings is 1. The molecule has 2 aromatic rings. The highest BCUT2D eigenvalue weighted by atomic mass is 19.1. The molecule has 3 atom stereocenters. The predicted molar refractivity (Wildman–Crippen MR) is 206 cm³/mol. The second kappa shape index (κ2) is 19.4. The van der Waals surface area contributed by atoms with Crippen molar-refractivity contribution in [1.82, 2.24) is 10.2 Å². The average molecular weight is 772 g/mol. The molecule has 1 saturated heterocycles. The van der Waals surface area contributed by atoms with Gasteiger partial charge >= 0.3 is 12.1 Å². The van der Waals surface area contributed by atoms with E-state index in [0.29, 0.717) is 74.4 Å². The van der Waals surface area contributed by atoms with Crippen molar-refractivity contribution in [2.75, 3.05) is 45.5 Å². The maximum absolute atomic E-state index is 14.3. The fourth-order valence-electron chi connectivity index (χ4n) is 8.54. The number of alkyl carbamates (subject to hydrolysis) is 1. The quantitative estimate of drug-likeness (QED) is 0.138. The molecule has 2 heterocycles. The molecule has 0 radical (unpaired) electrons. The van der Waals surface area contributed by atoms with Gasteiger partial charge in [-0.15, -0.1) is 0 Å². The number of ether oxygens (including phenoxy) is 4. The van der Waals surface area contributed by atoms with Gasteiger partial charge in [-0.05, 0) is 126 Å². The Morgan fingerprint density at radius 3 is 2.35 bits per heavy atom. The molecule has 55 heavy (non-hydrogen) atoms. The Labute approximate surface area is 324 Å². The number of carbonyl (C=O) groups excluding carboxylic acids is 4. The zero-order chi connectivity index (χ0) is 39.7. The second-order valence-electron chi connectivity index (χ2n) is 17.0. The number of halogens is 1. The zero-order valence-corrected chi connectivity index (χ0v) is 33.5. The molecule has 0 bridgehead atoms. The van der Waals surface area contributed by atoms with Gasteiger partial charge in [-0.3, -0.25) is 9.59 Å². The number of amides is 3. The first-order chi connectivity index (χ1) is 26.3. The molecular weight excluding hydrogens is 709 g/mol. The summed E-state index contributed by atoms with van der Waals surface area (Å²) in [7, 11) is 1.74. The number of rotatable bonds is 15. The van der Waals surface area contributed by atoms with E-state index in [-0.39, 0.29) is 54.0 Å². The molecule has 2 aliphatic carbocycles. The van der Waals surface area contributed by atoms with Gasteiger partial charge in [-0.25, -0.2) is 14.0 Å². The summed E-state index contributed by atoms with van der Waals surface area (Å²) in [6.07, 6.45) is 6.87. The fourth-order valence-corrected chi connectivity index (χ4v) is 8.54. The minimum absolute atomic E-state index is 0.00171. The summed E-state index contributed by atoms with van der Waals surface area (Å²) in [5, 5.41) is 6.43. The Morgan fingerprint density at radius 1 is 0.964 bits per heavy atom. The lowest BCUT2D eigenvalue weighted by molar-refractivity contribution is -0.142. The highest BCUT2D eigenvalue weighted by Crippen LogP contribution is 2.42. The molecule has 0 unspecified atom stereocenters. The van der Waals surface area contributed by atoms with Crippen LogP contribution in [-0.2, 0) is 28.5 Å². The number of fused-ring (bicyclic) bond motifs is 1. The highest BCUT2D eigenvalue weighted by Gasteiger charge is 2.47. The second-order valence-corrected chi connectivity index (χ2v) is 17.0. The van der Waals surface area contributed by atoms with Gasteiger partial charge in [-0.1, -0.05) is 13.8 Å². The number of alkyl halides is 1. The Morgan fingerprint density at radius 2 is 1.69 bits per heavy atom. The summed E-state index contributed by atoms with van der Waals surface area (Å²) in [6, 6.07) is 5.49.